The van der Waals surface area contributed by atoms with Gasteiger partial charge in [0.25, 0.3) is 0 Å². The third kappa shape index (κ3) is 4.14. The van der Waals surface area contributed by atoms with E-state index in [1.54, 1.807) is 18.3 Å². The van der Waals surface area contributed by atoms with E-state index in [0.29, 0.717) is 24.1 Å². The van der Waals surface area contributed by atoms with Crippen LogP contribution in [0.25, 0.3) is 0 Å². The Balaban J connectivity index is 2.05. The van der Waals surface area contributed by atoms with Crippen LogP contribution in [-0.4, -0.2) is 15.0 Å². The molecular formula is C14H13BrN2O2S2. The van der Waals surface area contributed by atoms with Gasteiger partial charge in [-0.3, -0.25) is 0 Å². The molecule has 0 fully saturated rings. The fourth-order valence-electron chi connectivity index (χ4n) is 1.81. The largest absolute Gasteiger partial charge is 0.240 e. The van der Waals surface area contributed by atoms with Crippen molar-refractivity contribution >= 4 is 37.3 Å². The van der Waals surface area contributed by atoms with Gasteiger partial charge in [0, 0.05) is 11.4 Å². The Bertz CT molecular complexity index is 792. The highest BCUT2D eigenvalue weighted by Crippen LogP contribution is 2.22. The van der Waals surface area contributed by atoms with Crippen molar-refractivity contribution in [3.05, 3.63) is 50.1 Å². The van der Waals surface area contributed by atoms with Gasteiger partial charge in [-0.25, -0.2) is 13.1 Å². The Morgan fingerprint density at radius 3 is 2.67 bits per heavy atom. The molecule has 1 aromatic carbocycles. The normalized spacial score (nSPS) is 11.3. The predicted octanol–water partition coefficient (Wildman–Crippen LogP) is 3.21. The first kappa shape index (κ1) is 16.2. The summed E-state index contributed by atoms with van der Waals surface area (Å²) in [6, 6.07) is 10.4. The number of sulfonamides is 1. The molecule has 21 heavy (non-hydrogen) atoms. The molecule has 0 atom stereocenters. The zero-order chi connectivity index (χ0) is 15.5. The summed E-state index contributed by atoms with van der Waals surface area (Å²) in [5, 5.41) is 8.86. The molecule has 0 radical (unpaired) electrons. The molecule has 0 saturated carbocycles. The Hall–Kier alpha value is -1.20. The van der Waals surface area contributed by atoms with Crippen LogP contribution in [0.4, 0.5) is 0 Å². The van der Waals surface area contributed by atoms with E-state index in [9.17, 15) is 8.42 Å². The minimum atomic E-state index is -3.54. The maximum Gasteiger partial charge on any atom is 0.240 e. The minimum Gasteiger partial charge on any atom is -0.211 e. The van der Waals surface area contributed by atoms with Gasteiger partial charge >= 0.3 is 0 Å². The predicted molar refractivity (Wildman–Crippen MR) is 86.8 cm³/mol. The Morgan fingerprint density at radius 2 is 2.10 bits per heavy atom. The molecule has 2 aromatic rings. The second-order valence-corrected chi connectivity index (χ2v) is 8.76. The van der Waals surface area contributed by atoms with E-state index in [4.69, 9.17) is 5.26 Å². The van der Waals surface area contributed by atoms with Crippen molar-refractivity contribution < 1.29 is 8.42 Å². The van der Waals surface area contributed by atoms with Gasteiger partial charge < -0.3 is 0 Å². The van der Waals surface area contributed by atoms with E-state index < -0.39 is 10.0 Å². The van der Waals surface area contributed by atoms with Crippen LogP contribution in [0.3, 0.4) is 0 Å². The first-order valence-corrected chi connectivity index (χ1v) is 9.26. The molecule has 0 spiro atoms. The summed E-state index contributed by atoms with van der Waals surface area (Å²) in [6.45, 7) is 2.06. The number of thiophene rings is 1. The van der Waals surface area contributed by atoms with Crippen molar-refractivity contribution in [2.75, 3.05) is 6.54 Å². The summed E-state index contributed by atoms with van der Waals surface area (Å²) < 4.78 is 28.0. The van der Waals surface area contributed by atoms with Crippen LogP contribution in [0.5, 0.6) is 0 Å². The highest BCUT2D eigenvalue weighted by atomic mass is 79.9. The summed E-state index contributed by atoms with van der Waals surface area (Å²) in [5.41, 5.74) is 1.14. The second kappa shape index (κ2) is 6.71. The van der Waals surface area contributed by atoms with E-state index in [0.717, 1.165) is 8.66 Å². The van der Waals surface area contributed by atoms with Gasteiger partial charge in [0.05, 0.1) is 20.3 Å². The zero-order valence-corrected chi connectivity index (χ0v) is 14.5. The maximum atomic E-state index is 12.2. The van der Waals surface area contributed by atoms with Crippen molar-refractivity contribution in [1.82, 2.24) is 4.72 Å². The van der Waals surface area contributed by atoms with Crippen LogP contribution in [0, 0.1) is 18.3 Å². The van der Waals surface area contributed by atoms with Crippen molar-refractivity contribution in [2.24, 2.45) is 0 Å². The lowest BCUT2D eigenvalue weighted by Crippen LogP contribution is -2.25. The van der Waals surface area contributed by atoms with Crippen LogP contribution < -0.4 is 4.72 Å². The first-order chi connectivity index (χ1) is 9.92. The van der Waals surface area contributed by atoms with Crippen molar-refractivity contribution in [3.8, 4) is 6.07 Å². The summed E-state index contributed by atoms with van der Waals surface area (Å²) >= 11 is 4.96. The fourth-order valence-corrected chi connectivity index (χ4v) is 4.41. The van der Waals surface area contributed by atoms with Gasteiger partial charge in [0.1, 0.15) is 0 Å². The van der Waals surface area contributed by atoms with Crippen LogP contribution in [0.15, 0.2) is 39.0 Å². The van der Waals surface area contributed by atoms with Crippen LogP contribution in [0.2, 0.25) is 0 Å². The average Bonchev–Trinajstić information content (AvgIpc) is 2.84. The standard InChI is InChI=1S/C14H13BrN2O2S2/c1-10-8-13(4-2-11(10)9-16)21(18,19)17-7-6-12-3-5-14(15)20-12/h2-5,8,17H,6-7H2,1H3. The topological polar surface area (TPSA) is 70.0 Å². The fraction of sp³-hybridized carbons (Fsp3) is 0.214. The molecule has 0 bridgehead atoms. The van der Waals surface area contributed by atoms with Gasteiger partial charge in [0.2, 0.25) is 10.0 Å². The van der Waals surface area contributed by atoms with Crippen molar-refractivity contribution in [1.29, 1.82) is 5.26 Å². The van der Waals surface area contributed by atoms with Crippen molar-refractivity contribution in [3.63, 3.8) is 0 Å². The second-order valence-electron chi connectivity index (χ2n) is 4.44. The van der Waals surface area contributed by atoms with Gasteiger partial charge in [-0.05, 0) is 65.2 Å². The lowest BCUT2D eigenvalue weighted by atomic mass is 10.1. The van der Waals surface area contributed by atoms with E-state index in [2.05, 4.69) is 20.7 Å². The number of benzene rings is 1. The molecule has 2 rings (SSSR count). The quantitative estimate of drug-likeness (QED) is 0.859. The molecule has 1 heterocycles. The van der Waals surface area contributed by atoms with Gasteiger partial charge in [-0.1, -0.05) is 0 Å². The molecule has 7 heteroatoms. The molecule has 0 amide bonds. The first-order valence-electron chi connectivity index (χ1n) is 6.17. The van der Waals surface area contributed by atoms with Crippen LogP contribution in [0.1, 0.15) is 16.0 Å². The van der Waals surface area contributed by atoms with E-state index in [1.807, 2.05) is 18.2 Å². The van der Waals surface area contributed by atoms with E-state index in [-0.39, 0.29) is 4.90 Å². The Kier molecular flexibility index (Phi) is 5.17. The molecule has 110 valence electrons. The van der Waals surface area contributed by atoms with Gasteiger partial charge in [-0.15, -0.1) is 11.3 Å². The summed E-state index contributed by atoms with van der Waals surface area (Å²) in [5.74, 6) is 0. The third-order valence-electron chi connectivity index (χ3n) is 2.92. The average molecular weight is 385 g/mol. The smallest absolute Gasteiger partial charge is 0.211 e. The lowest BCUT2D eigenvalue weighted by molar-refractivity contribution is 0.581. The van der Waals surface area contributed by atoms with E-state index in [1.165, 1.54) is 18.2 Å². The Morgan fingerprint density at radius 1 is 1.33 bits per heavy atom. The van der Waals surface area contributed by atoms with Crippen molar-refractivity contribution in [2.45, 2.75) is 18.2 Å². The number of halogens is 1. The van der Waals surface area contributed by atoms with Gasteiger partial charge in [0.15, 0.2) is 0 Å². The van der Waals surface area contributed by atoms with Gasteiger partial charge in [-0.2, -0.15) is 5.26 Å². The number of hydrogen-bond acceptors (Lipinski definition) is 4. The monoisotopic (exact) mass is 384 g/mol. The Labute approximate surface area is 136 Å². The molecule has 0 aliphatic rings. The summed E-state index contributed by atoms with van der Waals surface area (Å²) in [6.07, 6.45) is 0.644. The SMILES string of the molecule is Cc1cc(S(=O)(=O)NCCc2ccc(Br)s2)ccc1C#N. The molecule has 0 aliphatic carbocycles. The highest BCUT2D eigenvalue weighted by molar-refractivity contribution is 9.11. The highest BCUT2D eigenvalue weighted by Gasteiger charge is 2.14. The number of aryl methyl sites for hydroxylation is 1. The zero-order valence-electron chi connectivity index (χ0n) is 11.3. The maximum absolute atomic E-state index is 12.2. The third-order valence-corrected chi connectivity index (χ3v) is 6.06. The number of nitriles is 1. The number of nitrogens with zero attached hydrogens (tertiary/aromatic N) is 1. The molecule has 1 N–H and O–H groups in total. The van der Waals surface area contributed by atoms with Crippen LogP contribution in [-0.2, 0) is 16.4 Å². The number of nitrogens with one attached hydrogen (secondary N) is 1. The molecular weight excluding hydrogens is 372 g/mol. The molecule has 0 aliphatic heterocycles. The van der Waals surface area contributed by atoms with Crippen LogP contribution >= 0.6 is 27.3 Å². The summed E-state index contributed by atoms with van der Waals surface area (Å²) in [4.78, 5) is 1.30. The molecule has 1 aromatic heterocycles. The lowest BCUT2D eigenvalue weighted by Gasteiger charge is -2.07. The number of rotatable bonds is 5. The number of hydrogen-bond donors (Lipinski definition) is 1. The molecule has 0 unspecified atom stereocenters. The molecule has 0 saturated heterocycles. The minimum absolute atomic E-state index is 0.186. The summed E-state index contributed by atoms with van der Waals surface area (Å²) in [7, 11) is -3.54. The molecule has 4 nitrogen and oxygen atoms in total. The van der Waals surface area contributed by atoms with E-state index >= 15 is 0 Å².